The first kappa shape index (κ1) is 13.9. The van der Waals surface area contributed by atoms with Gasteiger partial charge in [0.25, 0.3) is 0 Å². The summed E-state index contributed by atoms with van der Waals surface area (Å²) in [5.74, 6) is -1.12. The number of carbonyl (C=O) groups is 1. The second-order valence-corrected chi connectivity index (χ2v) is 4.65. The summed E-state index contributed by atoms with van der Waals surface area (Å²) in [5.41, 5.74) is 2.30. The number of hydrogen-bond acceptors (Lipinski definition) is 4. The summed E-state index contributed by atoms with van der Waals surface area (Å²) >= 11 is 0. The summed E-state index contributed by atoms with van der Waals surface area (Å²) in [6.07, 6.45) is 3.07. The van der Waals surface area contributed by atoms with Crippen molar-refractivity contribution in [2.24, 2.45) is 0 Å². The van der Waals surface area contributed by atoms with Gasteiger partial charge in [-0.15, -0.1) is 0 Å². The molecule has 0 aliphatic carbocycles. The van der Waals surface area contributed by atoms with E-state index in [1.165, 1.54) is 12.1 Å². The van der Waals surface area contributed by atoms with E-state index in [9.17, 15) is 9.18 Å². The molecule has 0 spiro atoms. The summed E-state index contributed by atoms with van der Waals surface area (Å²) < 4.78 is 18.0. The molecule has 0 amide bonds. The van der Waals surface area contributed by atoms with Gasteiger partial charge in [0.15, 0.2) is 5.69 Å². The van der Waals surface area contributed by atoms with Gasteiger partial charge in [0, 0.05) is 17.5 Å². The normalized spacial score (nSPS) is 10.6. The highest BCUT2D eigenvalue weighted by Gasteiger charge is 2.11. The van der Waals surface area contributed by atoms with E-state index >= 15 is 0 Å². The Morgan fingerprint density at radius 3 is 2.45 bits per heavy atom. The lowest BCUT2D eigenvalue weighted by atomic mass is 10.1. The van der Waals surface area contributed by atoms with E-state index in [0.29, 0.717) is 18.0 Å². The number of halogens is 1. The highest BCUT2D eigenvalue weighted by Crippen LogP contribution is 2.19. The number of aromatic nitrogens is 2. The van der Waals surface area contributed by atoms with Crippen LogP contribution in [0.25, 0.3) is 11.1 Å². The number of oxazole rings is 1. The van der Waals surface area contributed by atoms with E-state index in [-0.39, 0.29) is 11.5 Å². The Morgan fingerprint density at radius 1 is 1.14 bits per heavy atom. The van der Waals surface area contributed by atoms with Crippen molar-refractivity contribution in [3.05, 3.63) is 72.0 Å². The molecule has 0 saturated heterocycles. The Kier molecular flexibility index (Phi) is 3.65. The van der Waals surface area contributed by atoms with Crippen molar-refractivity contribution in [3.8, 4) is 11.1 Å². The van der Waals surface area contributed by atoms with Crippen molar-refractivity contribution >= 4 is 5.97 Å². The van der Waals surface area contributed by atoms with Crippen LogP contribution in [0.4, 0.5) is 4.39 Å². The Labute approximate surface area is 125 Å². The highest BCUT2D eigenvalue weighted by molar-refractivity contribution is 5.84. The van der Waals surface area contributed by atoms with Crippen LogP contribution in [0, 0.1) is 5.82 Å². The van der Waals surface area contributed by atoms with E-state index in [1.807, 2.05) is 6.07 Å². The van der Waals surface area contributed by atoms with Gasteiger partial charge >= 0.3 is 5.97 Å². The molecule has 0 atom stereocenters. The second kappa shape index (κ2) is 5.77. The molecule has 0 bridgehead atoms. The molecule has 22 heavy (non-hydrogen) atoms. The monoisotopic (exact) mass is 298 g/mol. The standard InChI is InChI=1S/C16H11FN2O3/c17-12-4-1-10(2-5-12)11-3-6-13(18-8-11)7-15-19-14(9-22-15)16(20)21/h1-6,8-9H,7H2,(H,20,21). The van der Waals surface area contributed by atoms with Gasteiger partial charge in [-0.1, -0.05) is 18.2 Å². The van der Waals surface area contributed by atoms with Crippen molar-refractivity contribution < 1.29 is 18.7 Å². The fourth-order valence-electron chi connectivity index (χ4n) is 1.99. The van der Waals surface area contributed by atoms with Crippen LogP contribution in [0.15, 0.2) is 53.3 Å². The third-order valence-electron chi connectivity index (χ3n) is 3.11. The average Bonchev–Trinajstić information content (AvgIpc) is 2.98. The molecule has 6 heteroatoms. The van der Waals surface area contributed by atoms with E-state index < -0.39 is 5.97 Å². The van der Waals surface area contributed by atoms with Crippen molar-refractivity contribution in [2.45, 2.75) is 6.42 Å². The molecule has 3 aromatic rings. The first-order valence-electron chi connectivity index (χ1n) is 6.50. The van der Waals surface area contributed by atoms with E-state index in [2.05, 4.69) is 9.97 Å². The molecule has 0 fully saturated rings. The lowest BCUT2D eigenvalue weighted by Gasteiger charge is -2.02. The zero-order valence-electron chi connectivity index (χ0n) is 11.4. The summed E-state index contributed by atoms with van der Waals surface area (Å²) in [5, 5.41) is 8.78. The maximum absolute atomic E-state index is 12.9. The third kappa shape index (κ3) is 3.01. The number of carboxylic acids is 1. The summed E-state index contributed by atoms with van der Waals surface area (Å²) in [6.45, 7) is 0. The minimum absolute atomic E-state index is 0.127. The van der Waals surface area contributed by atoms with Gasteiger partial charge in [0.2, 0.25) is 5.89 Å². The molecule has 5 nitrogen and oxygen atoms in total. The maximum atomic E-state index is 12.9. The number of benzene rings is 1. The minimum Gasteiger partial charge on any atom is -0.476 e. The highest BCUT2D eigenvalue weighted by atomic mass is 19.1. The molecule has 1 N–H and O–H groups in total. The molecular weight excluding hydrogens is 287 g/mol. The number of pyridine rings is 1. The lowest BCUT2D eigenvalue weighted by Crippen LogP contribution is -1.98. The number of hydrogen-bond donors (Lipinski definition) is 1. The molecule has 2 aromatic heterocycles. The first-order chi connectivity index (χ1) is 10.6. The van der Waals surface area contributed by atoms with Gasteiger partial charge in [-0.05, 0) is 23.8 Å². The number of aromatic carboxylic acids is 1. The first-order valence-corrected chi connectivity index (χ1v) is 6.50. The zero-order chi connectivity index (χ0) is 15.5. The number of nitrogens with zero attached hydrogens (tertiary/aromatic N) is 2. The van der Waals surface area contributed by atoms with Gasteiger partial charge in [-0.25, -0.2) is 14.2 Å². The minimum atomic E-state index is -1.13. The predicted molar refractivity (Wildman–Crippen MR) is 75.9 cm³/mol. The van der Waals surface area contributed by atoms with Crippen LogP contribution in [0.3, 0.4) is 0 Å². The Morgan fingerprint density at radius 2 is 1.86 bits per heavy atom. The van der Waals surface area contributed by atoms with E-state index in [4.69, 9.17) is 9.52 Å². The van der Waals surface area contributed by atoms with Crippen LogP contribution in [0.2, 0.25) is 0 Å². The van der Waals surface area contributed by atoms with Gasteiger partial charge in [-0.2, -0.15) is 0 Å². The molecule has 0 aliphatic heterocycles. The molecule has 3 rings (SSSR count). The Bertz CT molecular complexity index is 795. The van der Waals surface area contributed by atoms with Gasteiger partial charge in [-0.3, -0.25) is 4.98 Å². The van der Waals surface area contributed by atoms with Crippen LogP contribution in [-0.2, 0) is 6.42 Å². The maximum Gasteiger partial charge on any atom is 0.357 e. The van der Waals surface area contributed by atoms with Gasteiger partial charge in [0.05, 0.1) is 6.42 Å². The topological polar surface area (TPSA) is 76.2 Å². The van der Waals surface area contributed by atoms with E-state index in [0.717, 1.165) is 17.4 Å². The Hall–Kier alpha value is -3.02. The molecule has 0 saturated carbocycles. The van der Waals surface area contributed by atoms with Crippen LogP contribution in [0.5, 0.6) is 0 Å². The van der Waals surface area contributed by atoms with Crippen molar-refractivity contribution in [3.63, 3.8) is 0 Å². The summed E-state index contributed by atoms with van der Waals surface area (Å²) in [6, 6.07) is 9.80. The van der Waals surface area contributed by atoms with Crippen molar-refractivity contribution in [1.82, 2.24) is 9.97 Å². The predicted octanol–water partition coefficient (Wildman–Crippen LogP) is 3.16. The van der Waals surface area contributed by atoms with Gasteiger partial charge < -0.3 is 9.52 Å². The zero-order valence-corrected chi connectivity index (χ0v) is 11.4. The fraction of sp³-hybridized carbons (Fsp3) is 0.0625. The van der Waals surface area contributed by atoms with Crippen LogP contribution >= 0.6 is 0 Å². The lowest BCUT2D eigenvalue weighted by molar-refractivity contribution is 0.0690. The molecule has 0 radical (unpaired) electrons. The van der Waals surface area contributed by atoms with Crippen molar-refractivity contribution in [2.75, 3.05) is 0 Å². The SMILES string of the molecule is O=C(O)c1coc(Cc2ccc(-c3ccc(F)cc3)cn2)n1. The van der Waals surface area contributed by atoms with Gasteiger partial charge in [0.1, 0.15) is 12.1 Å². The smallest absolute Gasteiger partial charge is 0.357 e. The average molecular weight is 298 g/mol. The molecular formula is C16H11FN2O3. The molecule has 0 aliphatic rings. The third-order valence-corrected chi connectivity index (χ3v) is 3.11. The molecule has 110 valence electrons. The van der Waals surface area contributed by atoms with Crippen molar-refractivity contribution in [1.29, 1.82) is 0 Å². The number of rotatable bonds is 4. The van der Waals surface area contributed by atoms with Crippen LogP contribution in [-0.4, -0.2) is 21.0 Å². The van der Waals surface area contributed by atoms with E-state index in [1.54, 1.807) is 24.4 Å². The number of carboxylic acid groups (broad SMARTS) is 1. The largest absolute Gasteiger partial charge is 0.476 e. The quantitative estimate of drug-likeness (QED) is 0.800. The van der Waals surface area contributed by atoms with Crippen LogP contribution < -0.4 is 0 Å². The van der Waals surface area contributed by atoms with Crippen LogP contribution in [0.1, 0.15) is 22.1 Å². The summed E-state index contributed by atoms with van der Waals surface area (Å²) in [7, 11) is 0. The molecule has 2 heterocycles. The molecule has 1 aromatic carbocycles. The fourth-order valence-corrected chi connectivity index (χ4v) is 1.99. The second-order valence-electron chi connectivity index (χ2n) is 4.65. The summed E-state index contributed by atoms with van der Waals surface area (Å²) in [4.78, 5) is 18.9. The Balaban J connectivity index is 1.76. The molecule has 0 unspecified atom stereocenters.